The van der Waals surface area contributed by atoms with Gasteiger partial charge in [-0.15, -0.1) is 0 Å². The van der Waals surface area contributed by atoms with Crippen LogP contribution in [-0.2, 0) is 6.18 Å². The molecule has 0 saturated carbocycles. The van der Waals surface area contributed by atoms with Crippen LogP contribution < -0.4 is 10.1 Å². The van der Waals surface area contributed by atoms with E-state index in [1.54, 1.807) is 6.92 Å². The molecule has 0 heterocycles. The zero-order valence-corrected chi connectivity index (χ0v) is 13.3. The number of halogens is 5. The smallest absolute Gasteiger partial charge is 0.419 e. The van der Waals surface area contributed by atoms with Gasteiger partial charge in [0.1, 0.15) is 11.6 Å². The van der Waals surface area contributed by atoms with Gasteiger partial charge in [-0.2, -0.15) is 13.2 Å². The lowest BCUT2D eigenvalue weighted by Crippen LogP contribution is -2.15. The fourth-order valence-corrected chi connectivity index (χ4v) is 2.16. The maximum atomic E-state index is 13.3. The molecule has 2 aromatic carbocycles. The molecular weight excluding hydrogens is 350 g/mol. The van der Waals surface area contributed by atoms with Crippen molar-refractivity contribution < 1.29 is 27.1 Å². The molecule has 2 rings (SSSR count). The zero-order chi connectivity index (χ0) is 18.1. The van der Waals surface area contributed by atoms with Gasteiger partial charge in [0.2, 0.25) is 0 Å². The van der Waals surface area contributed by atoms with Gasteiger partial charge in [-0.25, -0.2) is 4.39 Å². The molecule has 0 radical (unpaired) electrons. The molecule has 0 unspecified atom stereocenters. The Morgan fingerprint density at radius 1 is 1.21 bits per heavy atom. The van der Waals surface area contributed by atoms with Crippen LogP contribution in [0.25, 0.3) is 0 Å². The van der Waals surface area contributed by atoms with E-state index in [1.165, 1.54) is 19.2 Å². The monoisotopic (exact) mass is 361 g/mol. The standard InChI is InChI=1S/C16H12ClF4NO2/c1-8-5-13(14(24-2)7-11(8)17)22-15(23)9-3-4-12(18)10(6-9)16(19,20)21/h3-7H,1-2H3,(H,22,23). The summed E-state index contributed by atoms with van der Waals surface area (Å²) in [5.74, 6) is -2.03. The highest BCUT2D eigenvalue weighted by atomic mass is 35.5. The number of nitrogens with one attached hydrogen (secondary N) is 1. The molecule has 0 fully saturated rings. The van der Waals surface area contributed by atoms with Crippen molar-refractivity contribution in [3.63, 3.8) is 0 Å². The van der Waals surface area contributed by atoms with E-state index in [1.807, 2.05) is 0 Å². The molecule has 1 N–H and O–H groups in total. The van der Waals surface area contributed by atoms with Crippen LogP contribution in [0.5, 0.6) is 5.75 Å². The minimum absolute atomic E-state index is 0.238. The quantitative estimate of drug-likeness (QED) is 0.775. The third kappa shape index (κ3) is 3.79. The molecule has 3 nitrogen and oxygen atoms in total. The summed E-state index contributed by atoms with van der Waals surface area (Å²) >= 11 is 5.95. The number of ether oxygens (including phenoxy) is 1. The van der Waals surface area contributed by atoms with Crippen molar-refractivity contribution in [1.82, 2.24) is 0 Å². The lowest BCUT2D eigenvalue weighted by Gasteiger charge is -2.13. The number of anilines is 1. The van der Waals surface area contributed by atoms with Crippen LogP contribution in [-0.4, -0.2) is 13.0 Å². The Morgan fingerprint density at radius 2 is 1.88 bits per heavy atom. The zero-order valence-electron chi connectivity index (χ0n) is 12.6. The maximum Gasteiger partial charge on any atom is 0.419 e. The van der Waals surface area contributed by atoms with Gasteiger partial charge in [0.05, 0.1) is 18.4 Å². The number of alkyl halides is 3. The number of methoxy groups -OCH3 is 1. The van der Waals surface area contributed by atoms with Gasteiger partial charge >= 0.3 is 6.18 Å². The lowest BCUT2D eigenvalue weighted by molar-refractivity contribution is -0.140. The van der Waals surface area contributed by atoms with Gasteiger partial charge < -0.3 is 10.1 Å². The summed E-state index contributed by atoms with van der Waals surface area (Å²) in [7, 11) is 1.36. The number of benzene rings is 2. The Labute approximate surface area is 140 Å². The van der Waals surface area contributed by atoms with Gasteiger partial charge in [-0.05, 0) is 36.8 Å². The fourth-order valence-electron chi connectivity index (χ4n) is 2.01. The minimum atomic E-state index is -4.89. The molecule has 0 bridgehead atoms. The molecule has 1 amide bonds. The van der Waals surface area contributed by atoms with E-state index in [0.717, 1.165) is 6.07 Å². The summed E-state index contributed by atoms with van der Waals surface area (Å²) in [5, 5.41) is 2.84. The Balaban J connectivity index is 2.36. The van der Waals surface area contributed by atoms with Crippen molar-refractivity contribution in [3.8, 4) is 5.75 Å². The average Bonchev–Trinajstić information content (AvgIpc) is 2.49. The predicted octanol–water partition coefficient (Wildman–Crippen LogP) is 5.07. The van der Waals surface area contributed by atoms with Crippen LogP contribution >= 0.6 is 11.6 Å². The number of hydrogen-bond donors (Lipinski definition) is 1. The number of carbonyl (C=O) groups is 1. The van der Waals surface area contributed by atoms with Crippen molar-refractivity contribution >= 4 is 23.2 Å². The molecule has 8 heteroatoms. The molecule has 2 aromatic rings. The van der Waals surface area contributed by atoms with E-state index in [0.29, 0.717) is 22.7 Å². The molecular formula is C16H12ClF4NO2. The molecule has 0 saturated heterocycles. The molecule has 0 aromatic heterocycles. The highest BCUT2D eigenvalue weighted by Gasteiger charge is 2.34. The van der Waals surface area contributed by atoms with E-state index in [9.17, 15) is 22.4 Å². The molecule has 0 aliphatic heterocycles. The first kappa shape index (κ1) is 18.1. The van der Waals surface area contributed by atoms with Crippen molar-refractivity contribution in [2.45, 2.75) is 13.1 Å². The van der Waals surface area contributed by atoms with Crippen molar-refractivity contribution in [3.05, 3.63) is 57.9 Å². The van der Waals surface area contributed by atoms with E-state index < -0.39 is 23.5 Å². The number of amides is 1. The fraction of sp³-hybridized carbons (Fsp3) is 0.188. The Hall–Kier alpha value is -2.28. The molecule has 128 valence electrons. The van der Waals surface area contributed by atoms with Crippen LogP contribution in [0.4, 0.5) is 23.2 Å². The number of rotatable bonds is 3. The van der Waals surface area contributed by atoms with Crippen LogP contribution in [0.15, 0.2) is 30.3 Å². The van der Waals surface area contributed by atoms with Gasteiger partial charge in [0, 0.05) is 16.7 Å². The summed E-state index contributed by atoms with van der Waals surface area (Å²) < 4.78 is 56.5. The summed E-state index contributed by atoms with van der Waals surface area (Å²) in [4.78, 5) is 12.2. The number of hydrogen-bond acceptors (Lipinski definition) is 2. The first-order chi connectivity index (χ1) is 11.1. The normalized spacial score (nSPS) is 11.3. The number of aryl methyl sites for hydroxylation is 1. The van der Waals surface area contributed by atoms with E-state index in [4.69, 9.17) is 16.3 Å². The molecule has 0 atom stereocenters. The molecule has 0 aliphatic carbocycles. The van der Waals surface area contributed by atoms with Gasteiger partial charge in [0.15, 0.2) is 0 Å². The van der Waals surface area contributed by atoms with Crippen LogP contribution in [0.1, 0.15) is 21.5 Å². The third-order valence-corrected chi connectivity index (χ3v) is 3.67. The van der Waals surface area contributed by atoms with Crippen molar-refractivity contribution in [1.29, 1.82) is 0 Å². The largest absolute Gasteiger partial charge is 0.495 e. The van der Waals surface area contributed by atoms with Crippen molar-refractivity contribution in [2.24, 2.45) is 0 Å². The summed E-state index contributed by atoms with van der Waals surface area (Å²) in [6.45, 7) is 1.69. The van der Waals surface area contributed by atoms with E-state index in [2.05, 4.69) is 5.32 Å². The Kier molecular flexibility index (Phi) is 5.03. The van der Waals surface area contributed by atoms with Crippen LogP contribution in [0.3, 0.4) is 0 Å². The maximum absolute atomic E-state index is 13.3. The van der Waals surface area contributed by atoms with Gasteiger partial charge in [-0.3, -0.25) is 4.79 Å². The van der Waals surface area contributed by atoms with Crippen LogP contribution in [0.2, 0.25) is 5.02 Å². The minimum Gasteiger partial charge on any atom is -0.495 e. The molecule has 0 spiro atoms. The summed E-state index contributed by atoms with van der Waals surface area (Å²) in [5.41, 5.74) is -0.960. The SMILES string of the molecule is COc1cc(Cl)c(C)cc1NC(=O)c1ccc(F)c(C(F)(F)F)c1. The summed E-state index contributed by atoms with van der Waals surface area (Å²) in [6, 6.07) is 5.02. The van der Waals surface area contributed by atoms with E-state index in [-0.39, 0.29) is 17.0 Å². The van der Waals surface area contributed by atoms with Crippen LogP contribution in [0, 0.1) is 12.7 Å². The number of carbonyl (C=O) groups excluding carboxylic acids is 1. The lowest BCUT2D eigenvalue weighted by atomic mass is 10.1. The first-order valence-corrected chi connectivity index (χ1v) is 7.03. The highest BCUT2D eigenvalue weighted by molar-refractivity contribution is 6.31. The first-order valence-electron chi connectivity index (χ1n) is 6.65. The van der Waals surface area contributed by atoms with Crippen molar-refractivity contribution in [2.75, 3.05) is 12.4 Å². The highest BCUT2D eigenvalue weighted by Crippen LogP contribution is 2.33. The third-order valence-electron chi connectivity index (χ3n) is 3.26. The van der Waals surface area contributed by atoms with Gasteiger partial charge in [0.25, 0.3) is 5.91 Å². The van der Waals surface area contributed by atoms with Gasteiger partial charge in [-0.1, -0.05) is 11.6 Å². The second-order valence-electron chi connectivity index (χ2n) is 4.95. The van der Waals surface area contributed by atoms with E-state index >= 15 is 0 Å². The summed E-state index contributed by atoms with van der Waals surface area (Å²) in [6.07, 6.45) is -4.89. The predicted molar refractivity (Wildman–Crippen MR) is 82.1 cm³/mol. The average molecular weight is 362 g/mol. The molecule has 0 aliphatic rings. The Morgan fingerprint density at radius 3 is 2.46 bits per heavy atom. The second kappa shape index (κ2) is 6.68. The topological polar surface area (TPSA) is 38.3 Å². The second-order valence-corrected chi connectivity index (χ2v) is 5.36. The molecule has 24 heavy (non-hydrogen) atoms. The Bertz CT molecular complexity index is 790.